The van der Waals surface area contributed by atoms with E-state index in [0.29, 0.717) is 15.6 Å². The predicted molar refractivity (Wildman–Crippen MR) is 79.7 cm³/mol. The molecule has 0 radical (unpaired) electrons. The summed E-state index contributed by atoms with van der Waals surface area (Å²) >= 11 is 7.47. The molecule has 100 valence electrons. The first kappa shape index (κ1) is 13.9. The number of rotatable bonds is 3. The monoisotopic (exact) mass is 295 g/mol. The maximum Gasteiger partial charge on any atom is 0.342 e. The van der Waals surface area contributed by atoms with Crippen LogP contribution in [0.15, 0.2) is 29.6 Å². The Kier molecular flexibility index (Phi) is 4.12. The molecule has 0 saturated carbocycles. The molecule has 5 heteroatoms. The quantitative estimate of drug-likeness (QED) is 0.863. The van der Waals surface area contributed by atoms with Crippen LogP contribution >= 0.6 is 22.9 Å². The maximum absolute atomic E-state index is 12.1. The van der Waals surface area contributed by atoms with Crippen molar-refractivity contribution >= 4 is 33.9 Å². The molecule has 1 aromatic heterocycles. The van der Waals surface area contributed by atoms with E-state index in [1.807, 2.05) is 23.6 Å². The number of thiophene rings is 1. The first-order valence-electron chi connectivity index (χ1n) is 5.83. The summed E-state index contributed by atoms with van der Waals surface area (Å²) in [7, 11) is 0. The number of anilines is 1. The smallest absolute Gasteiger partial charge is 0.342 e. The van der Waals surface area contributed by atoms with Crippen LogP contribution in [0.25, 0.3) is 11.1 Å². The van der Waals surface area contributed by atoms with Crippen molar-refractivity contribution in [1.29, 1.82) is 0 Å². The zero-order valence-electron chi connectivity index (χ0n) is 10.6. The molecule has 0 aliphatic rings. The van der Waals surface area contributed by atoms with Crippen LogP contribution in [0.4, 0.5) is 5.00 Å². The highest BCUT2D eigenvalue weighted by atomic mass is 35.5. The van der Waals surface area contributed by atoms with Crippen LogP contribution in [-0.4, -0.2) is 12.1 Å². The minimum atomic E-state index is -0.413. The number of carbonyl (C=O) groups is 1. The number of esters is 1. The van der Waals surface area contributed by atoms with Crippen LogP contribution in [0, 0.1) is 0 Å². The van der Waals surface area contributed by atoms with Gasteiger partial charge in [-0.1, -0.05) is 29.8 Å². The molecule has 2 rings (SSSR count). The van der Waals surface area contributed by atoms with Crippen molar-refractivity contribution in [3.05, 3.63) is 40.2 Å². The number of hydrogen-bond donors (Lipinski definition) is 1. The summed E-state index contributed by atoms with van der Waals surface area (Å²) < 4.78 is 5.22. The van der Waals surface area contributed by atoms with Gasteiger partial charge in [-0.3, -0.25) is 0 Å². The molecule has 0 amide bonds. The number of nitrogens with two attached hydrogens (primary N) is 1. The van der Waals surface area contributed by atoms with Crippen molar-refractivity contribution in [3.63, 3.8) is 0 Å². The molecule has 0 aliphatic heterocycles. The van der Waals surface area contributed by atoms with Gasteiger partial charge in [0.05, 0.1) is 6.10 Å². The van der Waals surface area contributed by atoms with E-state index < -0.39 is 5.97 Å². The van der Waals surface area contributed by atoms with E-state index in [9.17, 15) is 4.79 Å². The Morgan fingerprint density at radius 3 is 2.63 bits per heavy atom. The van der Waals surface area contributed by atoms with Gasteiger partial charge in [-0.15, -0.1) is 11.3 Å². The van der Waals surface area contributed by atoms with Crippen molar-refractivity contribution in [1.82, 2.24) is 0 Å². The van der Waals surface area contributed by atoms with E-state index in [-0.39, 0.29) is 6.10 Å². The topological polar surface area (TPSA) is 52.3 Å². The van der Waals surface area contributed by atoms with Gasteiger partial charge in [0, 0.05) is 21.5 Å². The maximum atomic E-state index is 12.1. The highest BCUT2D eigenvalue weighted by Gasteiger charge is 2.21. The Morgan fingerprint density at radius 1 is 1.32 bits per heavy atom. The lowest BCUT2D eigenvalue weighted by Crippen LogP contribution is -2.13. The largest absolute Gasteiger partial charge is 0.459 e. The fourth-order valence-electron chi connectivity index (χ4n) is 1.73. The standard InChI is InChI=1S/C14H14ClNO2S/c1-8(2)18-14(17)12-10(7-19-13(12)16)9-5-3-4-6-11(9)15/h3-8H,16H2,1-2H3. The van der Waals surface area contributed by atoms with Gasteiger partial charge in [-0.2, -0.15) is 0 Å². The molecule has 2 N–H and O–H groups in total. The van der Waals surface area contributed by atoms with Crippen LogP contribution in [0.2, 0.25) is 5.02 Å². The van der Waals surface area contributed by atoms with Crippen LogP contribution in [-0.2, 0) is 4.74 Å². The van der Waals surface area contributed by atoms with Gasteiger partial charge in [0.1, 0.15) is 10.6 Å². The van der Waals surface area contributed by atoms with Crippen molar-refractivity contribution in [2.75, 3.05) is 5.73 Å². The molecule has 19 heavy (non-hydrogen) atoms. The van der Waals surface area contributed by atoms with Crippen LogP contribution in [0.1, 0.15) is 24.2 Å². The normalized spacial score (nSPS) is 10.7. The summed E-state index contributed by atoms with van der Waals surface area (Å²) in [6, 6.07) is 7.35. The van der Waals surface area contributed by atoms with Crippen LogP contribution in [0.3, 0.4) is 0 Å². The fourth-order valence-corrected chi connectivity index (χ4v) is 2.77. The predicted octanol–water partition coefficient (Wildman–Crippen LogP) is 4.22. The van der Waals surface area contributed by atoms with Crippen LogP contribution in [0.5, 0.6) is 0 Å². The fraction of sp³-hybridized carbons (Fsp3) is 0.214. The first-order chi connectivity index (χ1) is 9.00. The number of halogens is 1. The molecular formula is C14H14ClNO2S. The number of benzene rings is 1. The molecule has 0 aliphatic carbocycles. The summed E-state index contributed by atoms with van der Waals surface area (Å²) in [5.41, 5.74) is 7.78. The Bertz CT molecular complexity index is 607. The SMILES string of the molecule is CC(C)OC(=O)c1c(-c2ccccc2Cl)csc1N. The molecule has 3 nitrogen and oxygen atoms in total. The average Bonchev–Trinajstić information content (AvgIpc) is 2.70. The minimum Gasteiger partial charge on any atom is -0.459 e. The summed E-state index contributed by atoms with van der Waals surface area (Å²) in [6.45, 7) is 3.60. The Balaban J connectivity index is 2.49. The molecule has 0 saturated heterocycles. The van der Waals surface area contributed by atoms with Crippen molar-refractivity contribution < 1.29 is 9.53 Å². The third-order valence-electron chi connectivity index (χ3n) is 2.53. The lowest BCUT2D eigenvalue weighted by molar-refractivity contribution is 0.0380. The molecular weight excluding hydrogens is 282 g/mol. The highest BCUT2D eigenvalue weighted by molar-refractivity contribution is 7.15. The Labute approximate surface area is 121 Å². The van der Waals surface area contributed by atoms with Gasteiger partial charge in [-0.05, 0) is 19.9 Å². The minimum absolute atomic E-state index is 0.189. The molecule has 0 unspecified atom stereocenters. The average molecular weight is 296 g/mol. The summed E-state index contributed by atoms with van der Waals surface area (Å²) in [6.07, 6.45) is -0.189. The Morgan fingerprint density at radius 2 is 2.00 bits per heavy atom. The van der Waals surface area contributed by atoms with Crippen molar-refractivity contribution in [2.24, 2.45) is 0 Å². The second kappa shape index (κ2) is 5.63. The molecule has 1 heterocycles. The van der Waals surface area contributed by atoms with E-state index in [2.05, 4.69) is 0 Å². The van der Waals surface area contributed by atoms with E-state index in [1.54, 1.807) is 19.9 Å². The Hall–Kier alpha value is -1.52. The van der Waals surface area contributed by atoms with Crippen molar-refractivity contribution in [2.45, 2.75) is 20.0 Å². The van der Waals surface area contributed by atoms with Gasteiger partial charge < -0.3 is 10.5 Å². The zero-order valence-corrected chi connectivity index (χ0v) is 12.2. The third-order valence-corrected chi connectivity index (χ3v) is 3.67. The second-order valence-electron chi connectivity index (χ2n) is 4.32. The van der Waals surface area contributed by atoms with Gasteiger partial charge in [-0.25, -0.2) is 4.79 Å². The highest BCUT2D eigenvalue weighted by Crippen LogP contribution is 2.37. The van der Waals surface area contributed by atoms with Gasteiger partial charge in [0.15, 0.2) is 0 Å². The summed E-state index contributed by atoms with van der Waals surface area (Å²) in [5.74, 6) is -0.413. The number of nitrogen functional groups attached to an aromatic ring is 1. The number of carbonyl (C=O) groups excluding carboxylic acids is 1. The summed E-state index contributed by atoms with van der Waals surface area (Å²) in [4.78, 5) is 12.1. The van der Waals surface area contributed by atoms with Crippen molar-refractivity contribution in [3.8, 4) is 11.1 Å². The van der Waals surface area contributed by atoms with E-state index in [0.717, 1.165) is 11.1 Å². The first-order valence-corrected chi connectivity index (χ1v) is 7.09. The molecule has 2 aromatic rings. The lowest BCUT2D eigenvalue weighted by Gasteiger charge is -2.10. The molecule has 0 fully saturated rings. The lowest BCUT2D eigenvalue weighted by atomic mass is 10.0. The number of ether oxygens (including phenoxy) is 1. The molecule has 1 aromatic carbocycles. The van der Waals surface area contributed by atoms with E-state index >= 15 is 0 Å². The van der Waals surface area contributed by atoms with Gasteiger partial charge in [0.2, 0.25) is 0 Å². The second-order valence-corrected chi connectivity index (χ2v) is 5.64. The summed E-state index contributed by atoms with van der Waals surface area (Å²) in [5, 5.41) is 2.85. The van der Waals surface area contributed by atoms with E-state index in [4.69, 9.17) is 22.1 Å². The van der Waals surface area contributed by atoms with Gasteiger partial charge in [0.25, 0.3) is 0 Å². The third kappa shape index (κ3) is 2.91. The molecule has 0 bridgehead atoms. The van der Waals surface area contributed by atoms with E-state index in [1.165, 1.54) is 11.3 Å². The van der Waals surface area contributed by atoms with Gasteiger partial charge >= 0.3 is 5.97 Å². The number of hydrogen-bond acceptors (Lipinski definition) is 4. The van der Waals surface area contributed by atoms with Crippen LogP contribution < -0.4 is 5.73 Å². The molecule has 0 spiro atoms. The molecule has 0 atom stereocenters. The zero-order chi connectivity index (χ0) is 14.0.